The monoisotopic (exact) mass is 425 g/mol. The van der Waals surface area contributed by atoms with Crippen LogP contribution < -0.4 is 5.32 Å². The van der Waals surface area contributed by atoms with Crippen LogP contribution in [0.15, 0.2) is 53.4 Å². The molecule has 0 spiro atoms. The van der Waals surface area contributed by atoms with E-state index in [1.165, 1.54) is 18.6 Å². The molecule has 2 aromatic rings. The number of hydrogen-bond donors (Lipinski definition) is 1. The Labute approximate surface area is 165 Å². The molecule has 0 aliphatic carbocycles. The molecule has 0 radical (unpaired) electrons. The van der Waals surface area contributed by atoms with Crippen LogP contribution in [0.4, 0.5) is 4.39 Å². The number of aryl methyl sites for hydroxylation is 2. The molecule has 5 nitrogen and oxygen atoms in total. The Morgan fingerprint density at radius 2 is 1.82 bits per heavy atom. The van der Waals surface area contributed by atoms with Crippen molar-refractivity contribution in [1.82, 2.24) is 5.32 Å². The summed E-state index contributed by atoms with van der Waals surface area (Å²) in [5, 5.41) is 2.06. The smallest absolute Gasteiger partial charge is 0.184 e. The van der Waals surface area contributed by atoms with Gasteiger partial charge in [0.15, 0.2) is 19.7 Å². The Bertz CT molecular complexity index is 1040. The summed E-state index contributed by atoms with van der Waals surface area (Å²) in [5.74, 6) is -1.14. The Hall–Kier alpha value is -1.77. The first-order valence-electron chi connectivity index (χ1n) is 9.17. The van der Waals surface area contributed by atoms with Crippen LogP contribution in [-0.2, 0) is 26.1 Å². The highest BCUT2D eigenvalue weighted by molar-refractivity contribution is 7.96. The van der Waals surface area contributed by atoms with Gasteiger partial charge in [0.2, 0.25) is 0 Å². The lowest BCUT2D eigenvalue weighted by atomic mass is 10.1. The van der Waals surface area contributed by atoms with E-state index >= 15 is 0 Å². The van der Waals surface area contributed by atoms with E-state index in [1.807, 2.05) is 30.3 Å². The van der Waals surface area contributed by atoms with Crippen molar-refractivity contribution in [1.29, 1.82) is 0 Å². The largest absolute Gasteiger partial charge is 0.312 e. The maximum absolute atomic E-state index is 13.4. The fourth-order valence-corrected chi connectivity index (χ4v) is 8.57. The van der Waals surface area contributed by atoms with Crippen LogP contribution in [0.1, 0.15) is 17.5 Å². The van der Waals surface area contributed by atoms with Crippen molar-refractivity contribution in [3.8, 4) is 0 Å². The van der Waals surface area contributed by atoms with E-state index in [0.717, 1.165) is 25.0 Å². The van der Waals surface area contributed by atoms with Gasteiger partial charge in [0, 0.05) is 6.04 Å². The van der Waals surface area contributed by atoms with E-state index in [9.17, 15) is 21.2 Å². The highest BCUT2D eigenvalue weighted by atomic mass is 32.2. The van der Waals surface area contributed by atoms with Gasteiger partial charge in [-0.05, 0) is 55.6 Å². The molecular weight excluding hydrogens is 401 g/mol. The molecule has 1 heterocycles. The van der Waals surface area contributed by atoms with Crippen molar-refractivity contribution in [3.05, 3.63) is 65.5 Å². The third-order valence-corrected chi connectivity index (χ3v) is 9.34. The average molecular weight is 426 g/mol. The molecule has 0 unspecified atom stereocenters. The van der Waals surface area contributed by atoms with E-state index in [0.29, 0.717) is 6.54 Å². The molecule has 1 saturated heterocycles. The second-order valence-corrected chi connectivity index (χ2v) is 11.5. The van der Waals surface area contributed by atoms with E-state index in [4.69, 9.17) is 0 Å². The minimum Gasteiger partial charge on any atom is -0.312 e. The Morgan fingerprint density at radius 1 is 1.11 bits per heavy atom. The normalized spacial score (nSPS) is 21.6. The predicted octanol–water partition coefficient (Wildman–Crippen LogP) is 2.30. The van der Waals surface area contributed by atoms with Crippen molar-refractivity contribution >= 4 is 19.7 Å². The van der Waals surface area contributed by atoms with Crippen LogP contribution >= 0.6 is 0 Å². The molecule has 1 N–H and O–H groups in total. The van der Waals surface area contributed by atoms with Gasteiger partial charge in [-0.15, -0.1) is 0 Å². The zero-order chi connectivity index (χ0) is 20.4. The highest BCUT2D eigenvalue weighted by Crippen LogP contribution is 2.28. The number of rotatable bonds is 7. The van der Waals surface area contributed by atoms with E-state index in [1.54, 1.807) is 0 Å². The number of halogens is 1. The summed E-state index contributed by atoms with van der Waals surface area (Å²) >= 11 is 0. The van der Waals surface area contributed by atoms with Crippen molar-refractivity contribution in [2.45, 2.75) is 36.0 Å². The molecule has 2 atom stereocenters. The predicted molar refractivity (Wildman–Crippen MR) is 107 cm³/mol. The second kappa shape index (κ2) is 8.31. The summed E-state index contributed by atoms with van der Waals surface area (Å²) in [6, 6.07) is 12.7. The summed E-state index contributed by atoms with van der Waals surface area (Å²) in [7, 11) is -7.37. The lowest BCUT2D eigenvalue weighted by molar-refractivity contribution is 0.519. The molecule has 1 aliphatic heterocycles. The maximum Gasteiger partial charge on any atom is 0.184 e. The number of benzene rings is 2. The SMILES string of the molecule is Cc1cc(F)ccc1S(=O)(=O)[C@H]1CS(=O)(=O)C[C@@H]1NCCCc1ccccc1. The second-order valence-electron chi connectivity index (χ2n) is 7.22. The summed E-state index contributed by atoms with van der Waals surface area (Å²) in [6.45, 7) is 2.03. The molecule has 3 rings (SSSR count). The molecule has 1 aliphatic rings. The zero-order valence-corrected chi connectivity index (χ0v) is 17.3. The third-order valence-electron chi connectivity index (χ3n) is 5.03. The minimum absolute atomic E-state index is 0.00733. The lowest BCUT2D eigenvalue weighted by Crippen LogP contribution is -2.43. The lowest BCUT2D eigenvalue weighted by Gasteiger charge is -2.21. The maximum atomic E-state index is 13.4. The van der Waals surface area contributed by atoms with Gasteiger partial charge in [-0.25, -0.2) is 21.2 Å². The van der Waals surface area contributed by atoms with E-state index < -0.39 is 42.5 Å². The van der Waals surface area contributed by atoms with Gasteiger partial charge < -0.3 is 5.32 Å². The van der Waals surface area contributed by atoms with Crippen LogP contribution in [0.5, 0.6) is 0 Å². The molecule has 8 heteroatoms. The minimum atomic E-state index is -3.90. The first-order valence-corrected chi connectivity index (χ1v) is 12.5. The van der Waals surface area contributed by atoms with Gasteiger partial charge in [-0.1, -0.05) is 30.3 Å². The molecule has 0 saturated carbocycles. The first-order chi connectivity index (χ1) is 13.2. The third kappa shape index (κ3) is 4.79. The molecule has 0 bridgehead atoms. The van der Waals surface area contributed by atoms with Crippen molar-refractivity contribution in [2.75, 3.05) is 18.1 Å². The van der Waals surface area contributed by atoms with Crippen molar-refractivity contribution in [3.63, 3.8) is 0 Å². The molecule has 0 amide bonds. The fraction of sp³-hybridized carbons (Fsp3) is 0.400. The average Bonchev–Trinajstić information content (AvgIpc) is 2.95. The topological polar surface area (TPSA) is 80.3 Å². The van der Waals surface area contributed by atoms with Crippen LogP contribution in [0.2, 0.25) is 0 Å². The Kier molecular flexibility index (Phi) is 6.21. The summed E-state index contributed by atoms with van der Waals surface area (Å²) in [6.07, 6.45) is 1.59. The van der Waals surface area contributed by atoms with Gasteiger partial charge in [-0.3, -0.25) is 0 Å². The van der Waals surface area contributed by atoms with Crippen molar-refractivity contribution in [2.24, 2.45) is 0 Å². The molecule has 28 heavy (non-hydrogen) atoms. The van der Waals surface area contributed by atoms with Gasteiger partial charge in [0.05, 0.1) is 21.7 Å². The van der Waals surface area contributed by atoms with Gasteiger partial charge >= 0.3 is 0 Å². The summed E-state index contributed by atoms with van der Waals surface area (Å²) in [5.41, 5.74) is 1.46. The molecular formula is C20H24FNO4S2. The summed E-state index contributed by atoms with van der Waals surface area (Å²) in [4.78, 5) is -0.00733. The van der Waals surface area contributed by atoms with Crippen LogP contribution in [0.25, 0.3) is 0 Å². The quantitative estimate of drug-likeness (QED) is 0.544. The van der Waals surface area contributed by atoms with Gasteiger partial charge in [-0.2, -0.15) is 0 Å². The van der Waals surface area contributed by atoms with Crippen molar-refractivity contribution < 1.29 is 21.2 Å². The van der Waals surface area contributed by atoms with Gasteiger partial charge in [0.25, 0.3) is 0 Å². The fourth-order valence-electron chi connectivity index (χ4n) is 3.63. The highest BCUT2D eigenvalue weighted by Gasteiger charge is 2.45. The number of nitrogens with one attached hydrogen (secondary N) is 1. The first kappa shape index (κ1) is 21.0. The van der Waals surface area contributed by atoms with E-state index in [2.05, 4.69) is 5.32 Å². The van der Waals surface area contributed by atoms with Crippen LogP contribution in [-0.4, -0.2) is 46.2 Å². The molecule has 152 valence electrons. The standard InChI is InChI=1S/C20H24FNO4S2/c1-15-12-17(21)9-10-19(15)28(25,26)20-14-27(23,24)13-18(20)22-11-5-8-16-6-3-2-4-7-16/h2-4,6-7,9-10,12,18,20,22H,5,8,11,13-14H2,1H3/t18-,20-/m0/s1. The van der Waals surface area contributed by atoms with E-state index in [-0.39, 0.29) is 16.2 Å². The van der Waals surface area contributed by atoms with Crippen LogP contribution in [0, 0.1) is 12.7 Å². The molecule has 0 aromatic heterocycles. The number of sulfone groups is 2. The van der Waals surface area contributed by atoms with Crippen LogP contribution in [0.3, 0.4) is 0 Å². The molecule has 2 aromatic carbocycles. The van der Waals surface area contributed by atoms with Gasteiger partial charge in [0.1, 0.15) is 5.82 Å². The summed E-state index contributed by atoms with van der Waals surface area (Å²) < 4.78 is 63.9. The zero-order valence-electron chi connectivity index (χ0n) is 15.6. The number of hydrogen-bond acceptors (Lipinski definition) is 5. The molecule has 1 fully saturated rings. The Balaban J connectivity index is 1.72. The Morgan fingerprint density at radius 3 is 2.50 bits per heavy atom.